The van der Waals surface area contributed by atoms with Crippen LogP contribution >= 0.6 is 0 Å². The Morgan fingerprint density at radius 1 is 0.261 bits per heavy atom. The third-order valence-corrected chi connectivity index (χ3v) is 15.3. The van der Waals surface area contributed by atoms with Gasteiger partial charge in [0.2, 0.25) is 0 Å². The Kier molecular flexibility index (Phi) is 39.5. The second-order valence-electron chi connectivity index (χ2n) is 22.8. The fourth-order valence-electron chi connectivity index (χ4n) is 10.1. The maximum absolute atomic E-state index is 9.57. The lowest BCUT2D eigenvalue weighted by Crippen LogP contribution is -3.00. The van der Waals surface area contributed by atoms with Crippen molar-refractivity contribution in [2.24, 2.45) is 0 Å². The number of phenolic OH excluding ortho intramolecular Hbond substituents is 12. The molecule has 0 aliphatic carbocycles. The molecule has 0 spiro atoms. The van der Waals surface area contributed by atoms with Crippen LogP contribution in [0.25, 0.3) is 44.5 Å². The van der Waals surface area contributed by atoms with Crippen molar-refractivity contribution >= 4 is 5.78 Å². The first kappa shape index (κ1) is 81.1. The average Bonchev–Trinajstić information content (AvgIpc) is 3.27. The van der Waals surface area contributed by atoms with E-state index in [2.05, 4.69) is 55.4 Å². The molecular formula is C71H106Cl2N2O13. The summed E-state index contributed by atoms with van der Waals surface area (Å²) in [5, 5.41) is 114. The molecule has 17 heteroatoms. The quantitative estimate of drug-likeness (QED) is 0.0161. The summed E-state index contributed by atoms with van der Waals surface area (Å²) >= 11 is 0. The summed E-state index contributed by atoms with van der Waals surface area (Å²) in [5.41, 5.74) is 4.73. The molecule has 6 aromatic rings. The number of rotatable bonds is 28. The van der Waals surface area contributed by atoms with Gasteiger partial charge >= 0.3 is 0 Å². The minimum Gasteiger partial charge on any atom is -1.00 e. The van der Waals surface area contributed by atoms with Crippen molar-refractivity contribution in [3.05, 3.63) is 97.1 Å². The van der Waals surface area contributed by atoms with Gasteiger partial charge in [-0.25, -0.2) is 0 Å². The van der Waals surface area contributed by atoms with Crippen LogP contribution in [0.5, 0.6) is 69.0 Å². The molecule has 0 aromatic heterocycles. The Morgan fingerprint density at radius 3 is 0.477 bits per heavy atom. The van der Waals surface area contributed by atoms with Gasteiger partial charge in [0.05, 0.1) is 52.4 Å². The second-order valence-corrected chi connectivity index (χ2v) is 22.8. The molecule has 0 atom stereocenters. The molecule has 0 saturated heterocycles. The van der Waals surface area contributed by atoms with E-state index in [1.165, 1.54) is 226 Å². The standard InChI is InChI=1S/2C18H14O6.2C16H36N.C3H6O.2ClH/c2*19-13-5-11(6-14(20)17(13)23)9-1-2-10(4-3-9)12-7-15(21)18(24)16(22)8-12;2*1-5-9-13-17(14-10-6-2,15-11-7-3)16-12-8-4;1-3(2)4;;/h2*1-8,19-24H;2*5-16H2,1-4H3;1-2H3;2*1H/q;;2*+1;;;/p-2. The summed E-state index contributed by atoms with van der Waals surface area (Å²) in [6.07, 6.45) is 22.1. The number of aromatic hydroxyl groups is 12. The first-order chi connectivity index (χ1) is 40.9. The molecule has 6 rings (SSSR count). The van der Waals surface area contributed by atoms with E-state index >= 15 is 0 Å². The lowest BCUT2D eigenvalue weighted by Gasteiger charge is -2.39. The van der Waals surface area contributed by atoms with Crippen LogP contribution in [0.2, 0.25) is 0 Å². The number of quaternary nitrogens is 2. The lowest BCUT2D eigenvalue weighted by atomic mass is 9.99. The molecule has 0 unspecified atom stereocenters. The molecule has 12 N–H and O–H groups in total. The van der Waals surface area contributed by atoms with E-state index in [-0.39, 0.29) is 30.6 Å². The molecule has 88 heavy (non-hydrogen) atoms. The maximum Gasteiger partial charge on any atom is 0.200 e. The normalized spacial score (nSPS) is 10.8. The number of carbonyl (C=O) groups excluding carboxylic acids is 1. The van der Waals surface area contributed by atoms with Gasteiger partial charge in [-0.3, -0.25) is 0 Å². The summed E-state index contributed by atoms with van der Waals surface area (Å²) in [7, 11) is 0. The van der Waals surface area contributed by atoms with Gasteiger partial charge in [0.25, 0.3) is 0 Å². The van der Waals surface area contributed by atoms with Crippen molar-refractivity contribution in [1.29, 1.82) is 0 Å². The predicted molar refractivity (Wildman–Crippen MR) is 350 cm³/mol. The van der Waals surface area contributed by atoms with Crippen LogP contribution in [-0.4, -0.2) is 128 Å². The molecule has 0 bridgehead atoms. The van der Waals surface area contributed by atoms with Gasteiger partial charge in [0, 0.05) is 0 Å². The highest BCUT2D eigenvalue weighted by Gasteiger charge is 2.26. The van der Waals surface area contributed by atoms with E-state index in [0.717, 1.165) is 0 Å². The van der Waals surface area contributed by atoms with E-state index in [9.17, 15) is 66.1 Å². The first-order valence-corrected chi connectivity index (χ1v) is 31.3. The van der Waals surface area contributed by atoms with Crippen LogP contribution in [0.1, 0.15) is 172 Å². The molecule has 15 nitrogen and oxygen atoms in total. The number of unbranched alkanes of at least 4 members (excludes halogenated alkanes) is 8. The van der Waals surface area contributed by atoms with Crippen LogP contribution < -0.4 is 24.8 Å². The summed E-state index contributed by atoms with van der Waals surface area (Å²) in [4.78, 5) is 9.44. The minimum absolute atomic E-state index is 0. The molecule has 0 amide bonds. The fourth-order valence-corrected chi connectivity index (χ4v) is 10.1. The molecule has 0 heterocycles. The minimum atomic E-state index is -0.578. The second kappa shape index (κ2) is 42.9. The van der Waals surface area contributed by atoms with Gasteiger partial charge in [-0.2, -0.15) is 0 Å². The smallest absolute Gasteiger partial charge is 0.200 e. The zero-order chi connectivity index (χ0) is 64.4. The highest BCUT2D eigenvalue weighted by Crippen LogP contribution is 2.43. The van der Waals surface area contributed by atoms with Gasteiger partial charge in [0.15, 0.2) is 69.0 Å². The SMILES string of the molecule is CC(C)=O.CCCC[N+](CCCC)(CCCC)CCCC.CCCC[N+](CCCC)(CCCC)CCCC.Oc1cc(-c2ccc(-c3cc(O)c(O)c(O)c3)cc2)cc(O)c1O.Oc1cc(-c2ccc(-c3cc(O)c(O)c(O)c3)cc2)cc(O)c1O.[Cl-].[Cl-]. The summed E-state index contributed by atoms with van der Waals surface area (Å²) in [6, 6.07) is 24.3. The Bertz CT molecular complexity index is 2400. The zero-order valence-corrected chi connectivity index (χ0v) is 55.6. The number of halogens is 2. The van der Waals surface area contributed by atoms with E-state index in [0.29, 0.717) is 44.5 Å². The summed E-state index contributed by atoms with van der Waals surface area (Å²) in [6.45, 7) is 33.1. The Labute approximate surface area is 537 Å². The van der Waals surface area contributed by atoms with E-state index < -0.39 is 69.0 Å². The van der Waals surface area contributed by atoms with Gasteiger partial charge < -0.3 is 99.9 Å². The third kappa shape index (κ3) is 27.2. The number of carbonyl (C=O) groups is 1. The van der Waals surface area contributed by atoms with Crippen LogP contribution in [0.4, 0.5) is 0 Å². The highest BCUT2D eigenvalue weighted by molar-refractivity contribution is 5.77. The van der Waals surface area contributed by atoms with Crippen LogP contribution in [0.15, 0.2) is 97.1 Å². The van der Waals surface area contributed by atoms with Crippen molar-refractivity contribution in [2.75, 3.05) is 52.4 Å². The summed E-state index contributed by atoms with van der Waals surface area (Å²) in [5.74, 6) is -5.57. The van der Waals surface area contributed by atoms with E-state index in [1.54, 1.807) is 48.5 Å². The number of hydrogen-bond donors (Lipinski definition) is 12. The average molecular weight is 1270 g/mol. The van der Waals surface area contributed by atoms with E-state index in [1.807, 2.05) is 0 Å². The molecule has 0 aliphatic heterocycles. The number of benzene rings is 6. The Hall–Kier alpha value is -6.91. The Balaban J connectivity index is 0.00000113. The van der Waals surface area contributed by atoms with Crippen LogP contribution in [-0.2, 0) is 4.79 Å². The largest absolute Gasteiger partial charge is 1.00 e. The number of Topliss-reactive ketones (excluding diaryl/α,β-unsaturated/α-hetero) is 1. The number of hydrogen-bond acceptors (Lipinski definition) is 13. The molecule has 0 saturated carbocycles. The van der Waals surface area contributed by atoms with Crippen molar-refractivity contribution in [2.45, 2.75) is 172 Å². The van der Waals surface area contributed by atoms with Gasteiger partial charge in [-0.1, -0.05) is 155 Å². The van der Waals surface area contributed by atoms with Crippen molar-refractivity contribution in [3.63, 3.8) is 0 Å². The molecule has 492 valence electrons. The number of nitrogens with zero attached hydrogens (tertiary/aromatic N) is 2. The lowest BCUT2D eigenvalue weighted by molar-refractivity contribution is -0.929. The fraction of sp³-hybridized carbons (Fsp3) is 0.479. The summed E-state index contributed by atoms with van der Waals surface area (Å²) < 4.78 is 2.84. The van der Waals surface area contributed by atoms with Crippen molar-refractivity contribution in [3.8, 4) is 114 Å². The predicted octanol–water partition coefficient (Wildman–Crippen LogP) is 11.1. The van der Waals surface area contributed by atoms with E-state index in [4.69, 9.17) is 0 Å². The van der Waals surface area contributed by atoms with Gasteiger partial charge in [-0.15, -0.1) is 0 Å². The molecule has 0 fully saturated rings. The molecular weight excluding hydrogens is 1160 g/mol. The molecule has 6 aromatic carbocycles. The highest BCUT2D eigenvalue weighted by atomic mass is 35.5. The van der Waals surface area contributed by atoms with Crippen molar-refractivity contribution in [1.82, 2.24) is 0 Å². The maximum atomic E-state index is 9.57. The third-order valence-electron chi connectivity index (χ3n) is 15.3. The Morgan fingerprint density at radius 2 is 0.375 bits per heavy atom. The number of phenols is 12. The van der Waals surface area contributed by atoms with Crippen LogP contribution in [0.3, 0.4) is 0 Å². The first-order valence-electron chi connectivity index (χ1n) is 31.3. The van der Waals surface area contributed by atoms with Crippen molar-refractivity contribution < 1.29 is 99.9 Å². The van der Waals surface area contributed by atoms with Gasteiger partial charge in [0.1, 0.15) is 5.78 Å². The molecule has 0 aliphatic rings. The van der Waals surface area contributed by atoms with Crippen LogP contribution in [0, 0.1) is 0 Å². The topological polar surface area (TPSA) is 260 Å². The zero-order valence-electron chi connectivity index (χ0n) is 54.1. The number of ketones is 1. The monoisotopic (exact) mass is 1260 g/mol. The molecule has 0 radical (unpaired) electrons. The van der Waals surface area contributed by atoms with Gasteiger partial charge in [-0.05, 0) is 158 Å².